The lowest BCUT2D eigenvalue weighted by molar-refractivity contribution is -0.189. The van der Waals surface area contributed by atoms with Gasteiger partial charge in [0, 0.05) is 17.0 Å². The van der Waals surface area contributed by atoms with Crippen LogP contribution in [0.4, 0.5) is 13.2 Å². The van der Waals surface area contributed by atoms with Gasteiger partial charge >= 0.3 is 17.8 Å². The standard InChI is InChI=1S/C15H11F3O4/c16-15(17,18)14(20)21-8-5-6-10-9-3-1-2-4-11(9)13(19)22-12(10)7-8/h5-7H,1-4H2. The van der Waals surface area contributed by atoms with E-state index < -0.39 is 17.8 Å². The highest BCUT2D eigenvalue weighted by Crippen LogP contribution is 2.29. The monoisotopic (exact) mass is 312 g/mol. The molecular formula is C15H11F3O4. The number of carbonyl (C=O) groups is 1. The number of fused-ring (bicyclic) bond motifs is 3. The van der Waals surface area contributed by atoms with Crippen LogP contribution in [-0.2, 0) is 17.6 Å². The molecule has 0 fully saturated rings. The molecule has 2 aromatic rings. The Kier molecular flexibility index (Phi) is 3.42. The summed E-state index contributed by atoms with van der Waals surface area (Å²) in [5.41, 5.74) is 1.13. The average molecular weight is 312 g/mol. The van der Waals surface area contributed by atoms with Gasteiger partial charge in [-0.15, -0.1) is 0 Å². The molecule has 3 rings (SSSR count). The normalized spacial score (nSPS) is 14.7. The fraction of sp³-hybridized carbons (Fsp3) is 0.333. The Hall–Kier alpha value is -2.31. The van der Waals surface area contributed by atoms with Crippen molar-refractivity contribution in [2.75, 3.05) is 0 Å². The van der Waals surface area contributed by atoms with Crippen molar-refractivity contribution in [1.29, 1.82) is 0 Å². The Morgan fingerprint density at radius 3 is 2.50 bits per heavy atom. The fourth-order valence-corrected chi connectivity index (χ4v) is 2.65. The lowest BCUT2D eigenvalue weighted by Crippen LogP contribution is -2.27. The Morgan fingerprint density at radius 1 is 1.14 bits per heavy atom. The molecule has 0 saturated carbocycles. The molecule has 0 spiro atoms. The van der Waals surface area contributed by atoms with Gasteiger partial charge in [-0.3, -0.25) is 0 Å². The van der Waals surface area contributed by atoms with Crippen molar-refractivity contribution in [2.45, 2.75) is 31.9 Å². The minimum Gasteiger partial charge on any atom is -0.422 e. The molecule has 4 nitrogen and oxygen atoms in total. The second-order valence-electron chi connectivity index (χ2n) is 5.10. The Labute approximate surface area is 122 Å². The summed E-state index contributed by atoms with van der Waals surface area (Å²) in [6.07, 6.45) is -1.87. The third-order valence-electron chi connectivity index (χ3n) is 3.64. The summed E-state index contributed by atoms with van der Waals surface area (Å²) in [5.74, 6) is -2.62. The topological polar surface area (TPSA) is 56.5 Å². The highest BCUT2D eigenvalue weighted by atomic mass is 19.4. The first-order valence-corrected chi connectivity index (χ1v) is 6.74. The maximum atomic E-state index is 12.2. The molecule has 0 N–H and O–H groups in total. The number of rotatable bonds is 1. The lowest BCUT2D eigenvalue weighted by Gasteiger charge is -2.16. The van der Waals surface area contributed by atoms with Gasteiger partial charge in [0.1, 0.15) is 11.3 Å². The van der Waals surface area contributed by atoms with Crippen molar-refractivity contribution in [3.8, 4) is 5.75 Å². The maximum Gasteiger partial charge on any atom is 0.491 e. The molecule has 0 aliphatic heterocycles. The summed E-state index contributed by atoms with van der Waals surface area (Å²) >= 11 is 0. The SMILES string of the molecule is O=C(Oc1ccc2c3c(c(=O)oc2c1)CCCC3)C(F)(F)F. The molecule has 0 radical (unpaired) electrons. The number of carbonyl (C=O) groups excluding carboxylic acids is 1. The second-order valence-corrected chi connectivity index (χ2v) is 5.10. The van der Waals surface area contributed by atoms with E-state index in [1.807, 2.05) is 0 Å². The molecule has 1 heterocycles. The predicted molar refractivity (Wildman–Crippen MR) is 70.8 cm³/mol. The third-order valence-corrected chi connectivity index (χ3v) is 3.64. The van der Waals surface area contributed by atoms with E-state index in [0.717, 1.165) is 30.9 Å². The molecule has 7 heteroatoms. The van der Waals surface area contributed by atoms with Gasteiger partial charge in [0.25, 0.3) is 0 Å². The van der Waals surface area contributed by atoms with Crippen LogP contribution >= 0.6 is 0 Å². The zero-order valence-electron chi connectivity index (χ0n) is 11.3. The number of hydrogen-bond acceptors (Lipinski definition) is 4. The summed E-state index contributed by atoms with van der Waals surface area (Å²) in [5, 5.41) is 0.668. The number of aryl methyl sites for hydroxylation is 1. The Balaban J connectivity index is 2.04. The molecule has 1 aromatic carbocycles. The second kappa shape index (κ2) is 5.15. The van der Waals surface area contributed by atoms with Gasteiger partial charge < -0.3 is 9.15 Å². The van der Waals surface area contributed by atoms with Crippen LogP contribution in [0.5, 0.6) is 5.75 Å². The van der Waals surface area contributed by atoms with Crippen LogP contribution < -0.4 is 10.4 Å². The van der Waals surface area contributed by atoms with E-state index in [1.165, 1.54) is 12.1 Å². The molecule has 1 aromatic heterocycles. The third kappa shape index (κ3) is 2.58. The fourth-order valence-electron chi connectivity index (χ4n) is 2.65. The summed E-state index contributed by atoms with van der Waals surface area (Å²) in [7, 11) is 0. The van der Waals surface area contributed by atoms with Crippen LogP contribution in [0.1, 0.15) is 24.0 Å². The molecule has 1 aliphatic carbocycles. The number of ether oxygens (including phenoxy) is 1. The summed E-state index contributed by atoms with van der Waals surface area (Å²) < 4.78 is 46.0. The highest BCUT2D eigenvalue weighted by Gasteiger charge is 2.41. The first kappa shape index (κ1) is 14.6. The van der Waals surface area contributed by atoms with Crippen LogP contribution in [0.15, 0.2) is 27.4 Å². The van der Waals surface area contributed by atoms with Crippen LogP contribution in [0, 0.1) is 0 Å². The van der Waals surface area contributed by atoms with Gasteiger partial charge in [-0.1, -0.05) is 0 Å². The average Bonchev–Trinajstić information content (AvgIpc) is 2.46. The van der Waals surface area contributed by atoms with Crippen molar-refractivity contribution < 1.29 is 27.1 Å². The summed E-state index contributed by atoms with van der Waals surface area (Å²) in [4.78, 5) is 22.7. The van der Waals surface area contributed by atoms with Gasteiger partial charge in [-0.2, -0.15) is 13.2 Å². The van der Waals surface area contributed by atoms with Crippen LogP contribution in [0.25, 0.3) is 11.0 Å². The van der Waals surface area contributed by atoms with E-state index in [9.17, 15) is 22.8 Å². The van der Waals surface area contributed by atoms with Crippen molar-refractivity contribution in [2.24, 2.45) is 0 Å². The molecule has 0 saturated heterocycles. The Morgan fingerprint density at radius 2 is 1.82 bits per heavy atom. The molecule has 0 bridgehead atoms. The van der Waals surface area contributed by atoms with Crippen molar-refractivity contribution in [3.63, 3.8) is 0 Å². The number of halogens is 3. The lowest BCUT2D eigenvalue weighted by atomic mass is 9.91. The van der Waals surface area contributed by atoms with E-state index >= 15 is 0 Å². The van der Waals surface area contributed by atoms with Crippen molar-refractivity contribution in [1.82, 2.24) is 0 Å². The van der Waals surface area contributed by atoms with Crippen LogP contribution in [0.3, 0.4) is 0 Å². The molecule has 0 unspecified atom stereocenters. The quantitative estimate of drug-likeness (QED) is 0.461. The van der Waals surface area contributed by atoms with Gasteiger partial charge in [0.2, 0.25) is 0 Å². The smallest absolute Gasteiger partial charge is 0.422 e. The van der Waals surface area contributed by atoms with Gasteiger partial charge in [-0.05, 0) is 43.4 Å². The van der Waals surface area contributed by atoms with E-state index in [1.54, 1.807) is 0 Å². The van der Waals surface area contributed by atoms with E-state index in [4.69, 9.17) is 4.42 Å². The van der Waals surface area contributed by atoms with Crippen LogP contribution in [-0.4, -0.2) is 12.1 Å². The Bertz CT molecular complexity index is 805. The van der Waals surface area contributed by atoms with Gasteiger partial charge in [-0.25, -0.2) is 9.59 Å². The molecule has 1 aliphatic rings. The largest absolute Gasteiger partial charge is 0.491 e. The summed E-state index contributed by atoms with van der Waals surface area (Å²) in [6.45, 7) is 0. The van der Waals surface area contributed by atoms with Gasteiger partial charge in [0.15, 0.2) is 0 Å². The van der Waals surface area contributed by atoms with Crippen molar-refractivity contribution >= 4 is 16.9 Å². The van der Waals surface area contributed by atoms with Gasteiger partial charge in [0.05, 0.1) is 0 Å². The molecule has 0 amide bonds. The van der Waals surface area contributed by atoms with E-state index in [-0.39, 0.29) is 11.3 Å². The number of hydrogen-bond donors (Lipinski definition) is 0. The molecular weight excluding hydrogens is 301 g/mol. The highest BCUT2D eigenvalue weighted by molar-refractivity contribution is 5.84. The van der Waals surface area contributed by atoms with E-state index in [2.05, 4.69) is 4.74 Å². The molecule has 116 valence electrons. The predicted octanol–water partition coefficient (Wildman–Crippen LogP) is 3.14. The minimum atomic E-state index is -5.08. The zero-order valence-corrected chi connectivity index (χ0v) is 11.3. The minimum absolute atomic E-state index is 0.123. The maximum absolute atomic E-state index is 12.2. The zero-order chi connectivity index (χ0) is 15.9. The number of benzene rings is 1. The first-order valence-electron chi connectivity index (χ1n) is 6.74. The number of esters is 1. The number of alkyl halides is 3. The first-order chi connectivity index (χ1) is 10.4. The molecule has 0 atom stereocenters. The van der Waals surface area contributed by atoms with Crippen molar-refractivity contribution in [3.05, 3.63) is 39.7 Å². The molecule has 22 heavy (non-hydrogen) atoms. The summed E-state index contributed by atoms with van der Waals surface area (Å²) in [6, 6.07) is 3.91. The van der Waals surface area contributed by atoms with E-state index in [0.29, 0.717) is 17.4 Å². The van der Waals surface area contributed by atoms with Crippen LogP contribution in [0.2, 0.25) is 0 Å².